The van der Waals surface area contributed by atoms with E-state index in [-0.39, 0.29) is 5.91 Å². The lowest BCUT2D eigenvalue weighted by atomic mass is 10.1. The van der Waals surface area contributed by atoms with Crippen LogP contribution >= 0.6 is 11.3 Å². The van der Waals surface area contributed by atoms with E-state index in [9.17, 15) is 4.79 Å². The fourth-order valence-corrected chi connectivity index (χ4v) is 4.22. The first kappa shape index (κ1) is 18.3. The van der Waals surface area contributed by atoms with Gasteiger partial charge in [0.1, 0.15) is 10.7 Å². The number of nitrogens with one attached hydrogen (secondary N) is 1. The third-order valence-corrected chi connectivity index (χ3v) is 5.80. The number of carbonyl (C=O) groups excluding carboxylic acids is 1. The van der Waals surface area contributed by atoms with Crippen LogP contribution in [-0.4, -0.2) is 20.7 Å². The summed E-state index contributed by atoms with van der Waals surface area (Å²) in [6.07, 6.45) is 1.78. The second kappa shape index (κ2) is 7.93. The van der Waals surface area contributed by atoms with Crippen molar-refractivity contribution in [3.05, 3.63) is 102 Å². The third kappa shape index (κ3) is 3.60. The van der Waals surface area contributed by atoms with Gasteiger partial charge in [-0.15, -0.1) is 11.3 Å². The number of fused-ring (bicyclic) bond motifs is 1. The summed E-state index contributed by atoms with van der Waals surface area (Å²) in [7, 11) is 0. The summed E-state index contributed by atoms with van der Waals surface area (Å²) in [5.74, 6) is -0.171. The van der Waals surface area contributed by atoms with Gasteiger partial charge in [-0.25, -0.2) is 9.67 Å². The van der Waals surface area contributed by atoms with Crippen LogP contribution in [0.1, 0.15) is 15.4 Å². The van der Waals surface area contributed by atoms with Crippen molar-refractivity contribution in [2.45, 2.75) is 6.54 Å². The number of aromatic nitrogens is 3. The number of para-hydroxylation sites is 2. The molecular formula is C24H18N4OS. The first-order valence-corrected chi connectivity index (χ1v) is 10.4. The maximum absolute atomic E-state index is 13.1. The monoisotopic (exact) mass is 410 g/mol. The fourth-order valence-electron chi connectivity index (χ4n) is 3.31. The number of carbonyl (C=O) groups is 1. The highest BCUT2D eigenvalue weighted by Gasteiger charge is 2.19. The van der Waals surface area contributed by atoms with Crippen LogP contribution in [0.4, 0.5) is 0 Å². The number of benzene rings is 3. The molecule has 5 nitrogen and oxygen atoms in total. The number of amides is 1. The van der Waals surface area contributed by atoms with Crippen LogP contribution in [0, 0.1) is 0 Å². The molecule has 30 heavy (non-hydrogen) atoms. The van der Waals surface area contributed by atoms with E-state index in [4.69, 9.17) is 5.10 Å². The van der Waals surface area contributed by atoms with Crippen LogP contribution in [-0.2, 0) is 6.54 Å². The normalized spacial score (nSPS) is 10.9. The van der Waals surface area contributed by atoms with Gasteiger partial charge in [0, 0.05) is 11.8 Å². The molecular weight excluding hydrogens is 392 g/mol. The number of nitrogens with zero attached hydrogens (tertiary/aromatic N) is 3. The summed E-state index contributed by atoms with van der Waals surface area (Å²) >= 11 is 1.59. The smallest absolute Gasteiger partial charge is 0.255 e. The van der Waals surface area contributed by atoms with E-state index in [1.54, 1.807) is 22.2 Å². The minimum Gasteiger partial charge on any atom is -0.345 e. The Labute approximate surface area is 177 Å². The highest BCUT2D eigenvalue weighted by molar-refractivity contribution is 7.18. The maximum atomic E-state index is 13.1. The average molecular weight is 411 g/mol. The lowest BCUT2D eigenvalue weighted by Crippen LogP contribution is -2.22. The highest BCUT2D eigenvalue weighted by atomic mass is 32.1. The van der Waals surface area contributed by atoms with Crippen molar-refractivity contribution in [1.29, 1.82) is 0 Å². The zero-order valence-electron chi connectivity index (χ0n) is 16.0. The molecule has 0 aliphatic heterocycles. The molecule has 0 radical (unpaired) electrons. The Morgan fingerprint density at radius 3 is 2.37 bits per heavy atom. The predicted octanol–water partition coefficient (Wildman–Crippen LogP) is 5.08. The van der Waals surface area contributed by atoms with E-state index < -0.39 is 0 Å². The van der Waals surface area contributed by atoms with E-state index in [2.05, 4.69) is 10.3 Å². The van der Waals surface area contributed by atoms with E-state index in [0.717, 1.165) is 26.5 Å². The van der Waals surface area contributed by atoms with Gasteiger partial charge >= 0.3 is 0 Å². The molecule has 0 aliphatic carbocycles. The molecule has 0 spiro atoms. The van der Waals surface area contributed by atoms with Gasteiger partial charge < -0.3 is 5.32 Å². The lowest BCUT2D eigenvalue weighted by molar-refractivity contribution is 0.0951. The number of thiazole rings is 1. The molecule has 0 aliphatic rings. The lowest BCUT2D eigenvalue weighted by Gasteiger charge is -2.03. The number of hydrogen-bond acceptors (Lipinski definition) is 4. The van der Waals surface area contributed by atoms with Crippen molar-refractivity contribution >= 4 is 27.5 Å². The van der Waals surface area contributed by atoms with Crippen molar-refractivity contribution in [1.82, 2.24) is 20.1 Å². The summed E-state index contributed by atoms with van der Waals surface area (Å²) in [5.41, 5.74) is 3.94. The van der Waals surface area contributed by atoms with Crippen molar-refractivity contribution in [2.24, 2.45) is 0 Å². The Hall–Kier alpha value is -3.77. The van der Waals surface area contributed by atoms with Gasteiger partial charge in [0.05, 0.1) is 28.0 Å². The third-order valence-electron chi connectivity index (χ3n) is 4.77. The fraction of sp³-hybridized carbons (Fsp3) is 0.0417. The SMILES string of the molecule is O=C(NCc1nc2ccccc2s1)c1cn(-c2ccccc2)nc1-c1ccccc1. The quantitative estimate of drug-likeness (QED) is 0.440. The highest BCUT2D eigenvalue weighted by Crippen LogP contribution is 2.25. The number of rotatable bonds is 5. The van der Waals surface area contributed by atoms with Gasteiger partial charge in [-0.3, -0.25) is 4.79 Å². The van der Waals surface area contributed by atoms with E-state index in [1.807, 2.05) is 84.9 Å². The molecule has 146 valence electrons. The van der Waals surface area contributed by atoms with Crippen LogP contribution in [0.5, 0.6) is 0 Å². The predicted molar refractivity (Wildman–Crippen MR) is 120 cm³/mol. The van der Waals surface area contributed by atoms with Crippen LogP contribution in [0.3, 0.4) is 0 Å². The first-order chi connectivity index (χ1) is 14.8. The summed E-state index contributed by atoms with van der Waals surface area (Å²) < 4.78 is 2.86. The topological polar surface area (TPSA) is 59.8 Å². The Morgan fingerprint density at radius 2 is 1.60 bits per heavy atom. The molecule has 6 heteroatoms. The zero-order valence-corrected chi connectivity index (χ0v) is 16.8. The van der Waals surface area contributed by atoms with Crippen LogP contribution in [0.25, 0.3) is 27.2 Å². The molecule has 2 aromatic heterocycles. The van der Waals surface area contributed by atoms with Gasteiger partial charge in [-0.2, -0.15) is 5.10 Å². The molecule has 0 unspecified atom stereocenters. The number of hydrogen-bond donors (Lipinski definition) is 1. The molecule has 0 bridgehead atoms. The minimum atomic E-state index is -0.171. The second-order valence-electron chi connectivity index (χ2n) is 6.80. The van der Waals surface area contributed by atoms with Gasteiger partial charge in [0.25, 0.3) is 5.91 Å². The van der Waals surface area contributed by atoms with E-state index >= 15 is 0 Å². The summed E-state index contributed by atoms with van der Waals surface area (Å²) in [6, 6.07) is 27.5. The summed E-state index contributed by atoms with van der Waals surface area (Å²) in [5, 5.41) is 8.59. The zero-order chi connectivity index (χ0) is 20.3. The molecule has 0 saturated carbocycles. The maximum Gasteiger partial charge on any atom is 0.255 e. The first-order valence-electron chi connectivity index (χ1n) is 9.61. The average Bonchev–Trinajstić information content (AvgIpc) is 3.43. The van der Waals surface area contributed by atoms with E-state index in [1.165, 1.54) is 0 Å². The Kier molecular flexibility index (Phi) is 4.83. The molecule has 0 saturated heterocycles. The van der Waals surface area contributed by atoms with Crippen molar-refractivity contribution in [3.63, 3.8) is 0 Å². The molecule has 5 aromatic rings. The van der Waals surface area contributed by atoms with Gasteiger partial charge in [0.2, 0.25) is 0 Å². The van der Waals surface area contributed by atoms with Crippen molar-refractivity contribution < 1.29 is 4.79 Å². The second-order valence-corrected chi connectivity index (χ2v) is 7.91. The molecule has 2 heterocycles. The van der Waals surface area contributed by atoms with Crippen molar-refractivity contribution in [3.8, 4) is 16.9 Å². The van der Waals surface area contributed by atoms with Crippen LogP contribution in [0.2, 0.25) is 0 Å². The van der Waals surface area contributed by atoms with Gasteiger partial charge in [-0.1, -0.05) is 60.7 Å². The Bertz CT molecular complexity index is 1280. The van der Waals surface area contributed by atoms with Crippen LogP contribution in [0.15, 0.2) is 91.1 Å². The summed E-state index contributed by atoms with van der Waals surface area (Å²) in [4.78, 5) is 17.7. The molecule has 0 atom stereocenters. The molecule has 5 rings (SSSR count). The van der Waals surface area contributed by atoms with Gasteiger partial charge in [0.15, 0.2) is 0 Å². The standard InChI is InChI=1S/C24H18N4OS/c29-24(25-15-22-26-20-13-7-8-14-21(20)30-22)19-16-28(18-11-5-2-6-12-18)27-23(19)17-9-3-1-4-10-17/h1-14,16H,15H2,(H,25,29). The van der Waals surface area contributed by atoms with E-state index in [0.29, 0.717) is 17.8 Å². The molecule has 3 aromatic carbocycles. The largest absolute Gasteiger partial charge is 0.345 e. The Balaban J connectivity index is 1.45. The Morgan fingerprint density at radius 1 is 0.900 bits per heavy atom. The van der Waals surface area contributed by atoms with Crippen molar-refractivity contribution in [2.75, 3.05) is 0 Å². The molecule has 0 fully saturated rings. The van der Waals surface area contributed by atoms with Gasteiger partial charge in [-0.05, 0) is 24.3 Å². The minimum absolute atomic E-state index is 0.171. The molecule has 1 N–H and O–H groups in total. The summed E-state index contributed by atoms with van der Waals surface area (Å²) in [6.45, 7) is 0.378. The van der Waals surface area contributed by atoms with Crippen LogP contribution < -0.4 is 5.32 Å². The molecule has 1 amide bonds.